The van der Waals surface area contributed by atoms with E-state index in [4.69, 9.17) is 5.73 Å². The minimum atomic E-state index is -4.89. The lowest BCUT2D eigenvalue weighted by Gasteiger charge is -2.50. The molecule has 1 saturated carbocycles. The lowest BCUT2D eigenvalue weighted by Crippen LogP contribution is -2.63. The quantitative estimate of drug-likeness (QED) is 0.232. The lowest BCUT2D eigenvalue weighted by molar-refractivity contribution is -0.148. The van der Waals surface area contributed by atoms with E-state index in [1.807, 2.05) is 0 Å². The number of carbonyl (C=O) groups excluding carboxylic acids is 3. The van der Waals surface area contributed by atoms with Crippen LogP contribution in [0.3, 0.4) is 0 Å². The van der Waals surface area contributed by atoms with E-state index in [9.17, 15) is 48.0 Å². The Balaban J connectivity index is 1.60. The van der Waals surface area contributed by atoms with E-state index in [2.05, 4.69) is 0 Å². The fraction of sp³-hybridized carbons (Fsp3) is 0.594. The molecular weight excluding hydrogens is 595 g/mol. The molecule has 0 saturated heterocycles. The van der Waals surface area contributed by atoms with Crippen LogP contribution in [0, 0.1) is 17.8 Å². The predicted octanol–water partition coefficient (Wildman–Crippen LogP) is 3.54. The number of nitrogens with zero attached hydrogens (tertiary/aromatic N) is 2. The minimum Gasteiger partial charge on any atom is -0.510 e. The molecule has 1 amide bonds. The molecule has 4 atom stereocenters. The van der Waals surface area contributed by atoms with Gasteiger partial charge in [-0.25, -0.2) is 0 Å². The van der Waals surface area contributed by atoms with E-state index >= 15 is 0 Å². The number of fused-ring (bicyclic) bond motifs is 3. The highest BCUT2D eigenvalue weighted by atomic mass is 19.4. The molecule has 0 aliphatic heterocycles. The predicted molar refractivity (Wildman–Crippen MR) is 156 cm³/mol. The van der Waals surface area contributed by atoms with Crippen molar-refractivity contribution in [2.75, 3.05) is 27.7 Å². The normalized spacial score (nSPS) is 27.9. The number of phenols is 1. The molecule has 0 radical (unpaired) electrons. The maximum atomic E-state index is 14.8. The number of phenolic OH excluding ortho intramolecular Hbond substituents is 1. The molecule has 6 N–H and O–H groups in total. The smallest absolute Gasteiger partial charge is 0.417 e. The van der Waals surface area contributed by atoms with Crippen molar-refractivity contribution in [1.29, 1.82) is 0 Å². The van der Waals surface area contributed by atoms with Crippen molar-refractivity contribution >= 4 is 17.5 Å². The number of hydrogen-bond acceptors (Lipinski definition) is 9. The number of aliphatic hydroxyl groups excluding tert-OH is 2. The molecule has 246 valence electrons. The van der Waals surface area contributed by atoms with Gasteiger partial charge in [0, 0.05) is 24.6 Å². The van der Waals surface area contributed by atoms with Crippen molar-refractivity contribution in [2.24, 2.45) is 23.5 Å². The van der Waals surface area contributed by atoms with Crippen molar-refractivity contribution in [3.05, 3.63) is 51.0 Å². The Hall–Kier alpha value is -3.42. The van der Waals surface area contributed by atoms with Gasteiger partial charge >= 0.3 is 6.18 Å². The second-order valence-electron chi connectivity index (χ2n) is 13.3. The highest BCUT2D eigenvalue weighted by Gasteiger charge is 2.63. The van der Waals surface area contributed by atoms with Crippen LogP contribution < -0.4 is 5.73 Å². The minimum absolute atomic E-state index is 0.118. The molecule has 45 heavy (non-hydrogen) atoms. The van der Waals surface area contributed by atoms with Gasteiger partial charge in [-0.2, -0.15) is 13.2 Å². The van der Waals surface area contributed by atoms with Crippen LogP contribution in [0.1, 0.15) is 72.0 Å². The highest BCUT2D eigenvalue weighted by molar-refractivity contribution is 6.24. The Kier molecular flexibility index (Phi) is 8.60. The van der Waals surface area contributed by atoms with Gasteiger partial charge in [-0.05, 0) is 75.9 Å². The van der Waals surface area contributed by atoms with Crippen LogP contribution in [0.15, 0.2) is 28.7 Å². The van der Waals surface area contributed by atoms with Crippen LogP contribution in [0.5, 0.6) is 5.75 Å². The van der Waals surface area contributed by atoms with E-state index in [1.54, 1.807) is 11.9 Å². The average molecular weight is 636 g/mol. The first-order valence-corrected chi connectivity index (χ1v) is 15.3. The number of likely N-dealkylation sites (N-methyl/N-ethyl adjacent to an activating group) is 1. The zero-order chi connectivity index (χ0) is 33.2. The Morgan fingerprint density at radius 2 is 1.69 bits per heavy atom. The molecule has 0 bridgehead atoms. The number of aromatic hydroxyl groups is 1. The van der Waals surface area contributed by atoms with Crippen molar-refractivity contribution in [1.82, 2.24) is 9.80 Å². The first-order valence-electron chi connectivity index (χ1n) is 15.3. The SMILES string of the molecule is CN(Cc1cc(O)c2c(c1C(F)(F)F)C[C@H]1C[C@H]3[C@H](N(C)C)C(O)=C(C(N)=O)C(=O)[C@@]3(O)C(O)=C1C2=O)CC1CCCCCC1. The van der Waals surface area contributed by atoms with E-state index in [1.165, 1.54) is 19.0 Å². The molecular formula is C32H40F3N3O7. The van der Waals surface area contributed by atoms with Crippen LogP contribution in [0.25, 0.3) is 0 Å². The first-order chi connectivity index (χ1) is 21.0. The van der Waals surface area contributed by atoms with Crippen molar-refractivity contribution in [2.45, 2.75) is 75.7 Å². The van der Waals surface area contributed by atoms with Gasteiger partial charge in [0.25, 0.3) is 5.91 Å². The van der Waals surface area contributed by atoms with Crippen LogP contribution in [0.2, 0.25) is 0 Å². The van der Waals surface area contributed by atoms with Gasteiger partial charge in [0.1, 0.15) is 22.8 Å². The maximum Gasteiger partial charge on any atom is 0.417 e. The Morgan fingerprint density at radius 1 is 1.07 bits per heavy atom. The number of alkyl halides is 3. The number of ketones is 2. The van der Waals surface area contributed by atoms with Gasteiger partial charge in [0.2, 0.25) is 5.78 Å². The van der Waals surface area contributed by atoms with Crippen LogP contribution in [-0.4, -0.2) is 87.0 Å². The monoisotopic (exact) mass is 635 g/mol. The summed E-state index contributed by atoms with van der Waals surface area (Å²) in [5.74, 6) is -8.59. The average Bonchev–Trinajstić information content (AvgIpc) is 3.18. The molecule has 1 aromatic carbocycles. The van der Waals surface area contributed by atoms with Crippen molar-refractivity contribution in [3.8, 4) is 5.75 Å². The van der Waals surface area contributed by atoms with Gasteiger partial charge in [-0.15, -0.1) is 0 Å². The van der Waals surface area contributed by atoms with E-state index < -0.39 is 98.7 Å². The summed E-state index contributed by atoms with van der Waals surface area (Å²) < 4.78 is 44.5. The van der Waals surface area contributed by atoms with Crippen molar-refractivity contribution in [3.63, 3.8) is 0 Å². The number of primary amides is 1. The fourth-order valence-electron chi connectivity index (χ4n) is 8.21. The van der Waals surface area contributed by atoms with Crippen molar-refractivity contribution < 1.29 is 48.0 Å². The summed E-state index contributed by atoms with van der Waals surface area (Å²) in [5, 5.41) is 45.0. The second-order valence-corrected chi connectivity index (χ2v) is 13.3. The number of carbonyl (C=O) groups is 3. The molecule has 1 aromatic rings. The first kappa shape index (κ1) is 33.0. The standard InChI is InChI=1S/C32H40F3N3O7/c1-37(2)25-19-11-16-10-18-22(26(40)21(16)28(42)31(19,45)29(43)23(27(25)41)30(36)44)20(39)12-17(24(18)32(33,34)35)14-38(3)13-15-8-6-4-5-7-9-15/h12,15-16,19,25,39,41-42,45H,4-11,13-14H2,1-3H3,(H2,36,44)/t16-,19-,25-,31-/m0/s1. The van der Waals surface area contributed by atoms with Gasteiger partial charge < -0.3 is 31.1 Å². The Morgan fingerprint density at radius 3 is 2.24 bits per heavy atom. The number of hydrogen-bond donors (Lipinski definition) is 5. The summed E-state index contributed by atoms with van der Waals surface area (Å²) in [6.07, 6.45) is 0.807. The third kappa shape index (κ3) is 5.42. The number of benzene rings is 1. The summed E-state index contributed by atoms with van der Waals surface area (Å²) >= 11 is 0. The topological polar surface area (TPSA) is 165 Å². The number of amides is 1. The van der Waals surface area contributed by atoms with Gasteiger partial charge in [0.05, 0.1) is 17.2 Å². The molecule has 13 heteroatoms. The van der Waals surface area contributed by atoms with Gasteiger partial charge in [0.15, 0.2) is 11.4 Å². The molecule has 5 rings (SSSR count). The largest absolute Gasteiger partial charge is 0.510 e. The third-order valence-electron chi connectivity index (χ3n) is 10.1. The van der Waals surface area contributed by atoms with Crippen LogP contribution in [0.4, 0.5) is 13.2 Å². The van der Waals surface area contributed by atoms with E-state index in [-0.39, 0.29) is 18.5 Å². The highest BCUT2D eigenvalue weighted by Crippen LogP contribution is 2.54. The number of Topliss-reactive ketones (excluding diaryl/α,β-unsaturated/α-hetero) is 2. The van der Waals surface area contributed by atoms with E-state index in [0.29, 0.717) is 12.5 Å². The molecule has 0 heterocycles. The van der Waals surface area contributed by atoms with Crippen LogP contribution in [-0.2, 0) is 28.7 Å². The molecule has 4 aliphatic carbocycles. The number of halogens is 3. The number of rotatable bonds is 6. The molecule has 10 nitrogen and oxygen atoms in total. The molecule has 0 spiro atoms. The molecule has 1 fully saturated rings. The number of aliphatic hydroxyl groups is 3. The lowest BCUT2D eigenvalue weighted by atomic mass is 9.58. The Bertz CT molecular complexity index is 1490. The number of nitrogens with two attached hydrogens (primary N) is 1. The van der Waals surface area contributed by atoms with Gasteiger partial charge in [-0.3, -0.25) is 19.3 Å². The summed E-state index contributed by atoms with van der Waals surface area (Å²) in [4.78, 5) is 42.6. The zero-order valence-electron chi connectivity index (χ0n) is 25.6. The molecule has 0 unspecified atom stereocenters. The summed E-state index contributed by atoms with van der Waals surface area (Å²) in [5.41, 5.74) is -1.28. The third-order valence-corrected chi connectivity index (χ3v) is 10.1. The summed E-state index contributed by atoms with van der Waals surface area (Å²) in [6.45, 7) is 0.467. The zero-order valence-corrected chi connectivity index (χ0v) is 25.6. The maximum absolute atomic E-state index is 14.8. The molecule has 0 aromatic heterocycles. The second kappa shape index (κ2) is 11.7. The molecule has 4 aliphatic rings. The van der Waals surface area contributed by atoms with E-state index in [0.717, 1.165) is 44.6 Å². The number of allylic oxidation sites excluding steroid dienone is 1. The summed E-state index contributed by atoms with van der Waals surface area (Å²) in [7, 11) is 4.69. The fourth-order valence-corrected chi connectivity index (χ4v) is 8.21. The van der Waals surface area contributed by atoms with Crippen LogP contribution >= 0.6 is 0 Å². The Labute approximate surface area is 259 Å². The van der Waals surface area contributed by atoms with Gasteiger partial charge in [-0.1, -0.05) is 25.7 Å². The summed E-state index contributed by atoms with van der Waals surface area (Å²) in [6, 6.07) is -0.309.